The fourth-order valence-corrected chi connectivity index (χ4v) is 2.95. The molecule has 0 bridgehead atoms. The van der Waals surface area contributed by atoms with Crippen LogP contribution in [0.2, 0.25) is 0 Å². The van der Waals surface area contributed by atoms with Crippen molar-refractivity contribution >= 4 is 11.6 Å². The van der Waals surface area contributed by atoms with Crippen molar-refractivity contribution in [3.8, 4) is 0 Å². The van der Waals surface area contributed by atoms with E-state index in [2.05, 4.69) is 10.3 Å². The quantitative estimate of drug-likeness (QED) is 0.844. The summed E-state index contributed by atoms with van der Waals surface area (Å²) in [4.78, 5) is 16.6. The van der Waals surface area contributed by atoms with Crippen molar-refractivity contribution in [3.05, 3.63) is 36.3 Å². The van der Waals surface area contributed by atoms with Crippen LogP contribution in [0.4, 0.5) is 0 Å². The number of nitrogens with zero attached hydrogens (tertiary/aromatic N) is 2. The van der Waals surface area contributed by atoms with E-state index in [4.69, 9.17) is 0 Å². The number of carbonyl (C=O) groups is 1. The second-order valence-corrected chi connectivity index (χ2v) is 5.75. The summed E-state index contributed by atoms with van der Waals surface area (Å²) in [5.74, 6) is -0.0654. The van der Waals surface area contributed by atoms with Gasteiger partial charge in [-0.1, -0.05) is 25.3 Å². The van der Waals surface area contributed by atoms with Gasteiger partial charge < -0.3 is 14.8 Å². The molecule has 1 aliphatic carbocycles. The van der Waals surface area contributed by atoms with E-state index in [1.54, 1.807) is 0 Å². The maximum Gasteiger partial charge on any atom is 0.226 e. The maximum atomic E-state index is 12.1. The number of pyridine rings is 1. The van der Waals surface area contributed by atoms with Crippen molar-refractivity contribution in [1.29, 1.82) is 0 Å². The van der Waals surface area contributed by atoms with Crippen LogP contribution in [0.3, 0.4) is 0 Å². The van der Waals surface area contributed by atoms with Gasteiger partial charge in [0.05, 0.1) is 24.3 Å². The first kappa shape index (κ1) is 14.1. The Morgan fingerprint density at radius 1 is 1.33 bits per heavy atom. The second-order valence-electron chi connectivity index (χ2n) is 5.75. The van der Waals surface area contributed by atoms with E-state index in [0.29, 0.717) is 0 Å². The fourth-order valence-electron chi connectivity index (χ4n) is 2.95. The van der Waals surface area contributed by atoms with Crippen molar-refractivity contribution in [1.82, 2.24) is 14.7 Å². The number of hydrogen-bond donors (Lipinski definition) is 2. The van der Waals surface area contributed by atoms with E-state index in [-0.39, 0.29) is 18.4 Å². The molecule has 1 fully saturated rings. The van der Waals surface area contributed by atoms with Gasteiger partial charge in [-0.3, -0.25) is 4.79 Å². The third-order valence-electron chi connectivity index (χ3n) is 4.08. The normalized spacial score (nSPS) is 22.9. The predicted octanol–water partition coefficient (Wildman–Crippen LogP) is 1.69. The van der Waals surface area contributed by atoms with Crippen LogP contribution < -0.4 is 5.32 Å². The zero-order chi connectivity index (χ0) is 14.7. The molecule has 1 aliphatic rings. The molecule has 112 valence electrons. The number of imidazole rings is 1. The van der Waals surface area contributed by atoms with Gasteiger partial charge >= 0.3 is 0 Å². The van der Waals surface area contributed by atoms with Crippen LogP contribution in [-0.2, 0) is 11.2 Å². The Kier molecular flexibility index (Phi) is 4.20. The van der Waals surface area contributed by atoms with Crippen LogP contribution in [0, 0.1) is 0 Å². The smallest absolute Gasteiger partial charge is 0.226 e. The van der Waals surface area contributed by atoms with Gasteiger partial charge in [0.2, 0.25) is 5.91 Å². The number of aliphatic hydroxyl groups is 1. The van der Waals surface area contributed by atoms with E-state index in [9.17, 15) is 9.90 Å². The molecule has 2 unspecified atom stereocenters. The Balaban J connectivity index is 1.62. The van der Waals surface area contributed by atoms with Gasteiger partial charge in [0.1, 0.15) is 5.65 Å². The molecule has 2 atom stereocenters. The first-order chi connectivity index (χ1) is 10.2. The fraction of sp³-hybridized carbons (Fsp3) is 0.500. The molecule has 0 aliphatic heterocycles. The average Bonchev–Trinajstić information content (AvgIpc) is 2.76. The third kappa shape index (κ3) is 3.42. The molecule has 5 heteroatoms. The number of fused-ring (bicyclic) bond motifs is 1. The molecular formula is C16H21N3O2. The Labute approximate surface area is 124 Å². The number of carbonyl (C=O) groups excluding carboxylic acids is 1. The number of aliphatic hydroxyl groups excluding tert-OH is 1. The maximum absolute atomic E-state index is 12.1. The SMILES string of the molecule is O=C(Cc1cn2ccccc2n1)NC1CCCCCC1O. The van der Waals surface area contributed by atoms with Crippen molar-refractivity contribution < 1.29 is 9.90 Å². The zero-order valence-electron chi connectivity index (χ0n) is 12.0. The molecule has 5 nitrogen and oxygen atoms in total. The molecule has 2 heterocycles. The highest BCUT2D eigenvalue weighted by atomic mass is 16.3. The lowest BCUT2D eigenvalue weighted by atomic mass is 10.1. The summed E-state index contributed by atoms with van der Waals surface area (Å²) in [6.07, 6.45) is 8.50. The summed E-state index contributed by atoms with van der Waals surface area (Å²) in [5.41, 5.74) is 1.59. The highest BCUT2D eigenvalue weighted by Crippen LogP contribution is 2.18. The molecule has 0 radical (unpaired) electrons. The van der Waals surface area contributed by atoms with Gasteiger partial charge in [0.15, 0.2) is 0 Å². The molecule has 21 heavy (non-hydrogen) atoms. The summed E-state index contributed by atoms with van der Waals surface area (Å²) in [7, 11) is 0. The van der Waals surface area contributed by atoms with E-state index < -0.39 is 6.10 Å². The standard InChI is InChI=1S/C16H21N3O2/c20-14-7-3-1-2-6-13(14)18-16(21)10-12-11-19-9-5-4-8-15(19)17-12/h4-5,8-9,11,13-14,20H,1-3,6-7,10H2,(H,18,21). The third-order valence-corrected chi connectivity index (χ3v) is 4.08. The average molecular weight is 287 g/mol. The molecule has 2 aromatic heterocycles. The van der Waals surface area contributed by atoms with Crippen molar-refractivity contribution in [3.63, 3.8) is 0 Å². The van der Waals surface area contributed by atoms with Gasteiger partial charge in [-0.05, 0) is 25.0 Å². The lowest BCUT2D eigenvalue weighted by Crippen LogP contribution is -2.43. The monoisotopic (exact) mass is 287 g/mol. The molecule has 2 aromatic rings. The lowest BCUT2D eigenvalue weighted by molar-refractivity contribution is -0.122. The minimum atomic E-state index is -0.419. The topological polar surface area (TPSA) is 66.6 Å². The number of amides is 1. The largest absolute Gasteiger partial charge is 0.391 e. The van der Waals surface area contributed by atoms with Gasteiger partial charge in [-0.25, -0.2) is 4.98 Å². The van der Waals surface area contributed by atoms with Crippen molar-refractivity contribution in [2.45, 2.75) is 50.7 Å². The molecule has 1 amide bonds. The van der Waals surface area contributed by atoms with Crippen LogP contribution in [0.25, 0.3) is 5.65 Å². The van der Waals surface area contributed by atoms with E-state index in [1.807, 2.05) is 35.0 Å². The molecular weight excluding hydrogens is 266 g/mol. The lowest BCUT2D eigenvalue weighted by Gasteiger charge is -2.21. The molecule has 0 spiro atoms. The molecule has 0 saturated heterocycles. The van der Waals surface area contributed by atoms with Crippen LogP contribution in [0.1, 0.15) is 37.8 Å². The molecule has 0 aromatic carbocycles. The summed E-state index contributed by atoms with van der Waals surface area (Å²) in [6, 6.07) is 5.65. The number of nitrogens with one attached hydrogen (secondary N) is 1. The van der Waals surface area contributed by atoms with Crippen LogP contribution in [-0.4, -0.2) is 32.5 Å². The minimum absolute atomic E-state index is 0.0654. The Hall–Kier alpha value is -1.88. The Bertz CT molecular complexity index is 590. The Morgan fingerprint density at radius 2 is 2.19 bits per heavy atom. The van der Waals surface area contributed by atoms with Gasteiger partial charge in [0.25, 0.3) is 0 Å². The summed E-state index contributed by atoms with van der Waals surface area (Å²) in [6.45, 7) is 0. The number of rotatable bonds is 3. The minimum Gasteiger partial charge on any atom is -0.391 e. The summed E-state index contributed by atoms with van der Waals surface area (Å²) in [5, 5.41) is 13.0. The number of hydrogen-bond acceptors (Lipinski definition) is 3. The zero-order valence-corrected chi connectivity index (χ0v) is 12.0. The molecule has 1 saturated carbocycles. The Morgan fingerprint density at radius 3 is 3.05 bits per heavy atom. The van der Waals surface area contributed by atoms with Crippen molar-refractivity contribution in [2.75, 3.05) is 0 Å². The number of aromatic nitrogens is 2. The van der Waals surface area contributed by atoms with Gasteiger partial charge in [0, 0.05) is 12.4 Å². The molecule has 3 rings (SSSR count). The van der Waals surface area contributed by atoms with E-state index in [1.165, 1.54) is 0 Å². The van der Waals surface area contributed by atoms with Crippen LogP contribution >= 0.6 is 0 Å². The summed E-state index contributed by atoms with van der Waals surface area (Å²) >= 11 is 0. The molecule has 2 N–H and O–H groups in total. The van der Waals surface area contributed by atoms with Crippen LogP contribution in [0.5, 0.6) is 0 Å². The van der Waals surface area contributed by atoms with E-state index >= 15 is 0 Å². The second kappa shape index (κ2) is 6.26. The highest BCUT2D eigenvalue weighted by molar-refractivity contribution is 5.78. The first-order valence-electron chi connectivity index (χ1n) is 7.62. The van der Waals surface area contributed by atoms with E-state index in [0.717, 1.165) is 43.4 Å². The van der Waals surface area contributed by atoms with Gasteiger partial charge in [-0.2, -0.15) is 0 Å². The predicted molar refractivity (Wildman–Crippen MR) is 79.9 cm³/mol. The first-order valence-corrected chi connectivity index (χ1v) is 7.62. The highest BCUT2D eigenvalue weighted by Gasteiger charge is 2.23. The summed E-state index contributed by atoms with van der Waals surface area (Å²) < 4.78 is 1.91. The van der Waals surface area contributed by atoms with Crippen molar-refractivity contribution in [2.24, 2.45) is 0 Å². The van der Waals surface area contributed by atoms with Crippen LogP contribution in [0.15, 0.2) is 30.6 Å². The van der Waals surface area contributed by atoms with Gasteiger partial charge in [-0.15, -0.1) is 0 Å².